The van der Waals surface area contributed by atoms with Gasteiger partial charge in [0.15, 0.2) is 0 Å². The Hall–Kier alpha value is -1.24. The van der Waals surface area contributed by atoms with Gasteiger partial charge in [-0.25, -0.2) is 4.98 Å². The van der Waals surface area contributed by atoms with E-state index in [2.05, 4.69) is 21.5 Å². The molecule has 1 aliphatic rings. The first-order chi connectivity index (χ1) is 7.38. The van der Waals surface area contributed by atoms with Crippen LogP contribution < -0.4 is 10.6 Å². The van der Waals surface area contributed by atoms with Gasteiger partial charge in [0.25, 0.3) is 0 Å². The molecular formula is C12H16ClN3. The lowest BCUT2D eigenvalue weighted by molar-refractivity contribution is 0.479. The Bertz CT molecular complexity index is 350. The van der Waals surface area contributed by atoms with Crippen LogP contribution in [-0.4, -0.2) is 24.1 Å². The maximum Gasteiger partial charge on any atom is 0.113 e. The Kier molecular flexibility index (Phi) is 5.10. The summed E-state index contributed by atoms with van der Waals surface area (Å²) in [5.41, 5.74) is 1.74. The van der Waals surface area contributed by atoms with Gasteiger partial charge in [0.1, 0.15) is 5.69 Å². The van der Waals surface area contributed by atoms with E-state index in [0.717, 1.165) is 31.6 Å². The highest BCUT2D eigenvalue weighted by atomic mass is 35.5. The van der Waals surface area contributed by atoms with E-state index < -0.39 is 0 Å². The van der Waals surface area contributed by atoms with Crippen LogP contribution in [0.25, 0.3) is 0 Å². The van der Waals surface area contributed by atoms with Crippen molar-refractivity contribution in [2.45, 2.75) is 18.9 Å². The van der Waals surface area contributed by atoms with Crippen LogP contribution in [0.2, 0.25) is 0 Å². The molecule has 0 bridgehead atoms. The maximum atomic E-state index is 5.24. The summed E-state index contributed by atoms with van der Waals surface area (Å²) in [6.07, 6.45) is 9.37. The third kappa shape index (κ3) is 3.41. The molecule has 0 saturated carbocycles. The number of hydrogen-bond acceptors (Lipinski definition) is 3. The molecule has 1 aromatic heterocycles. The molecule has 0 aliphatic carbocycles. The quantitative estimate of drug-likeness (QED) is 0.768. The molecule has 1 aromatic rings. The average molecular weight is 238 g/mol. The number of anilines is 1. The number of aromatic nitrogens is 1. The van der Waals surface area contributed by atoms with E-state index >= 15 is 0 Å². The van der Waals surface area contributed by atoms with Gasteiger partial charge in [-0.05, 0) is 38.1 Å². The third-order valence-electron chi connectivity index (χ3n) is 2.62. The lowest BCUT2D eigenvalue weighted by Gasteiger charge is -2.24. The maximum absolute atomic E-state index is 5.24. The van der Waals surface area contributed by atoms with E-state index in [0.29, 0.717) is 11.7 Å². The molecule has 16 heavy (non-hydrogen) atoms. The molecule has 3 nitrogen and oxygen atoms in total. The van der Waals surface area contributed by atoms with Crippen molar-refractivity contribution in [3.05, 3.63) is 24.0 Å². The molecule has 1 aliphatic heterocycles. The van der Waals surface area contributed by atoms with E-state index in [9.17, 15) is 0 Å². The van der Waals surface area contributed by atoms with Crippen LogP contribution in [0, 0.1) is 12.3 Å². The van der Waals surface area contributed by atoms with E-state index in [1.54, 1.807) is 6.20 Å². The number of halogens is 1. The zero-order valence-electron chi connectivity index (χ0n) is 9.07. The summed E-state index contributed by atoms with van der Waals surface area (Å²) in [5.74, 6) is 2.51. The number of piperidine rings is 1. The normalized spacial score (nSPS) is 15.9. The Balaban J connectivity index is 0.00000128. The molecule has 1 saturated heterocycles. The van der Waals surface area contributed by atoms with Crippen molar-refractivity contribution < 1.29 is 0 Å². The molecule has 2 N–H and O–H groups in total. The van der Waals surface area contributed by atoms with Gasteiger partial charge >= 0.3 is 0 Å². The Morgan fingerprint density at radius 2 is 2.12 bits per heavy atom. The predicted molar refractivity (Wildman–Crippen MR) is 68.9 cm³/mol. The number of hydrogen-bond donors (Lipinski definition) is 2. The number of rotatable bonds is 2. The summed E-state index contributed by atoms with van der Waals surface area (Å²) >= 11 is 0. The van der Waals surface area contributed by atoms with E-state index in [1.165, 1.54) is 0 Å². The van der Waals surface area contributed by atoms with Crippen molar-refractivity contribution in [1.29, 1.82) is 0 Å². The molecule has 0 spiro atoms. The SMILES string of the molecule is C#Cc1ccc(NC2CCNCC2)cn1.Cl. The first-order valence-corrected chi connectivity index (χ1v) is 5.28. The van der Waals surface area contributed by atoms with Crippen LogP contribution in [0.5, 0.6) is 0 Å². The number of nitrogens with one attached hydrogen (secondary N) is 2. The fourth-order valence-corrected chi connectivity index (χ4v) is 1.77. The van der Waals surface area contributed by atoms with Crippen molar-refractivity contribution >= 4 is 18.1 Å². The first kappa shape index (κ1) is 12.8. The first-order valence-electron chi connectivity index (χ1n) is 5.28. The summed E-state index contributed by atoms with van der Waals surface area (Å²) in [4.78, 5) is 4.15. The highest BCUT2D eigenvalue weighted by molar-refractivity contribution is 5.85. The minimum atomic E-state index is 0. The van der Waals surface area contributed by atoms with Crippen LogP contribution in [0.4, 0.5) is 5.69 Å². The molecule has 1 fully saturated rings. The van der Waals surface area contributed by atoms with Crippen LogP contribution in [-0.2, 0) is 0 Å². The Morgan fingerprint density at radius 1 is 1.38 bits per heavy atom. The van der Waals surface area contributed by atoms with Gasteiger partial charge in [0, 0.05) is 6.04 Å². The molecule has 2 heterocycles. The summed E-state index contributed by atoms with van der Waals surface area (Å²) in [6.45, 7) is 2.18. The lowest BCUT2D eigenvalue weighted by Crippen LogP contribution is -2.35. The molecule has 0 atom stereocenters. The van der Waals surface area contributed by atoms with Gasteiger partial charge in [-0.1, -0.05) is 5.92 Å². The molecule has 0 unspecified atom stereocenters. The fourth-order valence-electron chi connectivity index (χ4n) is 1.77. The van der Waals surface area contributed by atoms with E-state index in [1.807, 2.05) is 12.1 Å². The second-order valence-corrected chi connectivity index (χ2v) is 3.75. The van der Waals surface area contributed by atoms with E-state index in [4.69, 9.17) is 6.42 Å². The second kappa shape index (κ2) is 6.37. The average Bonchev–Trinajstić information content (AvgIpc) is 2.31. The molecule has 4 heteroatoms. The second-order valence-electron chi connectivity index (χ2n) is 3.75. The van der Waals surface area contributed by atoms with Gasteiger partial charge < -0.3 is 10.6 Å². The molecule has 86 valence electrons. The monoisotopic (exact) mass is 237 g/mol. The zero-order valence-corrected chi connectivity index (χ0v) is 9.89. The van der Waals surface area contributed by atoms with Crippen LogP contribution >= 0.6 is 12.4 Å². The van der Waals surface area contributed by atoms with Crippen molar-refractivity contribution in [3.63, 3.8) is 0 Å². The largest absolute Gasteiger partial charge is 0.381 e. The lowest BCUT2D eigenvalue weighted by atomic mass is 10.1. The summed E-state index contributed by atoms with van der Waals surface area (Å²) < 4.78 is 0. The van der Waals surface area contributed by atoms with E-state index in [-0.39, 0.29) is 12.4 Å². The van der Waals surface area contributed by atoms with Gasteiger partial charge in [0.2, 0.25) is 0 Å². The number of pyridine rings is 1. The van der Waals surface area contributed by atoms with Crippen molar-refractivity contribution in [2.75, 3.05) is 18.4 Å². The van der Waals surface area contributed by atoms with Gasteiger partial charge in [0.05, 0.1) is 11.9 Å². The Labute approximate surface area is 102 Å². The highest BCUT2D eigenvalue weighted by Crippen LogP contribution is 2.12. The molecule has 0 amide bonds. The minimum Gasteiger partial charge on any atom is -0.381 e. The van der Waals surface area contributed by atoms with Gasteiger partial charge in [-0.2, -0.15) is 0 Å². The zero-order chi connectivity index (χ0) is 10.5. The predicted octanol–water partition coefficient (Wildman–Crippen LogP) is 1.65. The Morgan fingerprint density at radius 3 is 2.69 bits per heavy atom. The minimum absolute atomic E-state index is 0. The highest BCUT2D eigenvalue weighted by Gasteiger charge is 2.12. The van der Waals surface area contributed by atoms with Crippen molar-refractivity contribution in [1.82, 2.24) is 10.3 Å². The topological polar surface area (TPSA) is 37.0 Å². The summed E-state index contributed by atoms with van der Waals surface area (Å²) in [7, 11) is 0. The van der Waals surface area contributed by atoms with Crippen molar-refractivity contribution in [3.8, 4) is 12.3 Å². The third-order valence-corrected chi connectivity index (χ3v) is 2.62. The van der Waals surface area contributed by atoms with Crippen molar-refractivity contribution in [2.24, 2.45) is 0 Å². The molecule has 0 radical (unpaired) electrons. The summed E-state index contributed by atoms with van der Waals surface area (Å²) in [5, 5.41) is 6.80. The number of nitrogens with zero attached hydrogens (tertiary/aromatic N) is 1. The molecule has 0 aromatic carbocycles. The molecular weight excluding hydrogens is 222 g/mol. The summed E-state index contributed by atoms with van der Waals surface area (Å²) in [6, 6.07) is 4.41. The molecule has 2 rings (SSSR count). The smallest absolute Gasteiger partial charge is 0.113 e. The van der Waals surface area contributed by atoms with Gasteiger partial charge in [-0.15, -0.1) is 18.8 Å². The van der Waals surface area contributed by atoms with Gasteiger partial charge in [-0.3, -0.25) is 0 Å². The van der Waals surface area contributed by atoms with Crippen LogP contribution in [0.15, 0.2) is 18.3 Å². The van der Waals surface area contributed by atoms with Crippen LogP contribution in [0.1, 0.15) is 18.5 Å². The standard InChI is InChI=1S/C12H15N3.ClH/c1-2-10-3-4-12(9-14-10)15-11-5-7-13-8-6-11;/h1,3-4,9,11,13,15H,5-8H2;1H. The number of terminal acetylenes is 1. The van der Waals surface area contributed by atoms with Crippen LogP contribution in [0.3, 0.4) is 0 Å². The fraction of sp³-hybridized carbons (Fsp3) is 0.417.